The van der Waals surface area contributed by atoms with Crippen LogP contribution < -0.4 is 4.90 Å². The van der Waals surface area contributed by atoms with Crippen molar-refractivity contribution >= 4 is 23.4 Å². The molecule has 1 unspecified atom stereocenters. The highest BCUT2D eigenvalue weighted by atomic mass is 16.2. The van der Waals surface area contributed by atoms with E-state index in [2.05, 4.69) is 128 Å². The lowest BCUT2D eigenvalue weighted by molar-refractivity contribution is -0.116. The first-order valence-electron chi connectivity index (χ1n) is 16.5. The second-order valence-electron chi connectivity index (χ2n) is 14.9. The van der Waals surface area contributed by atoms with Gasteiger partial charge in [0.25, 0.3) is 0 Å². The number of allylic oxidation sites excluding steroid dienone is 1. The van der Waals surface area contributed by atoms with E-state index in [9.17, 15) is 4.79 Å². The Morgan fingerprint density at radius 3 is 2.00 bits per heavy atom. The third-order valence-corrected chi connectivity index (χ3v) is 8.90. The van der Waals surface area contributed by atoms with Crippen molar-refractivity contribution in [1.82, 2.24) is 4.98 Å². The summed E-state index contributed by atoms with van der Waals surface area (Å²) in [7, 11) is 0. The molecule has 46 heavy (non-hydrogen) atoms. The average molecular weight is 612 g/mol. The Bertz CT molecular complexity index is 1810. The van der Waals surface area contributed by atoms with Crippen molar-refractivity contribution in [2.24, 2.45) is 4.99 Å². The summed E-state index contributed by atoms with van der Waals surface area (Å²) in [6, 6.07) is 24.3. The molecular formula is C42H49N3O. The first kappa shape index (κ1) is 33.1. The molecule has 0 bridgehead atoms. The molecule has 3 aromatic carbocycles. The predicted octanol–water partition coefficient (Wildman–Crippen LogP) is 10.6. The van der Waals surface area contributed by atoms with E-state index < -0.39 is 0 Å². The minimum atomic E-state index is 0.0219. The highest BCUT2D eigenvalue weighted by molar-refractivity contribution is 6.11. The molecule has 0 fully saturated rings. The van der Waals surface area contributed by atoms with Gasteiger partial charge in [-0.05, 0) is 108 Å². The maximum absolute atomic E-state index is 12.6. The van der Waals surface area contributed by atoms with Crippen molar-refractivity contribution in [3.8, 4) is 22.4 Å². The molecule has 0 spiro atoms. The van der Waals surface area contributed by atoms with E-state index in [4.69, 9.17) is 9.98 Å². The van der Waals surface area contributed by atoms with Gasteiger partial charge in [0.05, 0.1) is 11.7 Å². The molecule has 4 nitrogen and oxygen atoms in total. The Balaban J connectivity index is 1.49. The second-order valence-corrected chi connectivity index (χ2v) is 14.9. The van der Waals surface area contributed by atoms with Crippen molar-refractivity contribution in [3.63, 3.8) is 0 Å². The largest absolute Gasteiger partial charge is 0.313 e. The fourth-order valence-electron chi connectivity index (χ4n) is 6.16. The van der Waals surface area contributed by atoms with E-state index in [0.717, 1.165) is 45.6 Å². The summed E-state index contributed by atoms with van der Waals surface area (Å²) in [5.41, 5.74) is 13.7. The topological polar surface area (TPSA) is 45.6 Å². The number of aryl methyl sites for hydroxylation is 2. The number of nitrogens with zero attached hydrogens (tertiary/aromatic N) is 3. The van der Waals surface area contributed by atoms with Crippen molar-refractivity contribution in [2.45, 2.75) is 92.5 Å². The van der Waals surface area contributed by atoms with E-state index >= 15 is 0 Å². The van der Waals surface area contributed by atoms with Gasteiger partial charge in [0.2, 0.25) is 5.91 Å². The van der Waals surface area contributed by atoms with Gasteiger partial charge in [0.15, 0.2) is 0 Å². The van der Waals surface area contributed by atoms with Gasteiger partial charge in [-0.2, -0.15) is 0 Å². The van der Waals surface area contributed by atoms with Gasteiger partial charge in [0, 0.05) is 42.7 Å². The maximum atomic E-state index is 12.6. The molecule has 4 heteroatoms. The Kier molecular flexibility index (Phi) is 9.22. The molecule has 1 amide bonds. The molecule has 0 saturated heterocycles. The highest BCUT2D eigenvalue weighted by Crippen LogP contribution is 2.36. The summed E-state index contributed by atoms with van der Waals surface area (Å²) in [6.45, 7) is 22.0. The number of pyridine rings is 1. The quantitative estimate of drug-likeness (QED) is 0.218. The molecule has 1 aliphatic rings. The van der Waals surface area contributed by atoms with Crippen molar-refractivity contribution in [2.75, 3.05) is 11.4 Å². The lowest BCUT2D eigenvalue weighted by Gasteiger charge is -2.24. The van der Waals surface area contributed by atoms with Gasteiger partial charge in [-0.3, -0.25) is 14.8 Å². The molecule has 5 rings (SSSR count). The Labute approximate surface area is 276 Å². The number of rotatable bonds is 6. The summed E-state index contributed by atoms with van der Waals surface area (Å²) in [5, 5.41) is 0. The number of anilines is 1. The third-order valence-electron chi connectivity index (χ3n) is 8.90. The van der Waals surface area contributed by atoms with Crippen LogP contribution in [0.25, 0.3) is 28.0 Å². The smallest absolute Gasteiger partial charge is 0.223 e. The third kappa shape index (κ3) is 7.39. The van der Waals surface area contributed by atoms with E-state index in [1.54, 1.807) is 6.92 Å². The molecular weight excluding hydrogens is 562 g/mol. The number of aliphatic imine (C=N–C) groups is 1. The van der Waals surface area contributed by atoms with Crippen LogP contribution in [0.15, 0.2) is 84.0 Å². The summed E-state index contributed by atoms with van der Waals surface area (Å²) in [6.07, 6.45) is 7.07. The van der Waals surface area contributed by atoms with Crippen LogP contribution in [0.2, 0.25) is 0 Å². The average Bonchev–Trinajstić information content (AvgIpc) is 3.00. The number of benzene rings is 3. The monoisotopic (exact) mass is 611 g/mol. The first-order valence-corrected chi connectivity index (χ1v) is 16.5. The van der Waals surface area contributed by atoms with Crippen molar-refractivity contribution in [1.29, 1.82) is 0 Å². The predicted molar refractivity (Wildman–Crippen MR) is 196 cm³/mol. The number of aromatic nitrogens is 1. The zero-order valence-electron chi connectivity index (χ0n) is 29.3. The number of amides is 1. The zero-order valence-corrected chi connectivity index (χ0v) is 29.3. The summed E-state index contributed by atoms with van der Waals surface area (Å²) in [5.74, 6) is 0.0219. The van der Waals surface area contributed by atoms with Crippen LogP contribution in [-0.2, 0) is 15.6 Å². The molecule has 1 aromatic heterocycles. The summed E-state index contributed by atoms with van der Waals surface area (Å²) >= 11 is 0. The lowest BCUT2D eigenvalue weighted by Crippen LogP contribution is -2.28. The number of hydrogen-bond acceptors (Lipinski definition) is 3. The molecule has 4 aromatic rings. The minimum Gasteiger partial charge on any atom is -0.313 e. The first-order chi connectivity index (χ1) is 21.6. The van der Waals surface area contributed by atoms with Crippen LogP contribution in [-0.4, -0.2) is 23.7 Å². The zero-order chi connectivity index (χ0) is 33.4. The molecule has 2 heterocycles. The van der Waals surface area contributed by atoms with E-state index in [1.165, 1.54) is 27.8 Å². The van der Waals surface area contributed by atoms with Crippen molar-refractivity contribution < 1.29 is 4.79 Å². The van der Waals surface area contributed by atoms with Gasteiger partial charge < -0.3 is 4.90 Å². The Morgan fingerprint density at radius 1 is 0.783 bits per heavy atom. The fourth-order valence-corrected chi connectivity index (χ4v) is 6.16. The van der Waals surface area contributed by atoms with E-state index in [0.29, 0.717) is 6.54 Å². The van der Waals surface area contributed by atoms with Gasteiger partial charge >= 0.3 is 0 Å². The normalized spacial score (nSPS) is 15.1. The number of hydrogen-bond donors (Lipinski definition) is 0. The molecule has 0 aliphatic carbocycles. The SMILES string of the molecule is CCN(C(C)=O)c1cc(C2=CCC(c3cc(C)cc(C(C)(C)C)c3)N=C2)cc(-c2ccc(-c3cc(C)cc(C(C)(C)C)c3)nc2)c1. The number of carbonyl (C=O) groups is 1. The molecule has 0 saturated carbocycles. The van der Waals surface area contributed by atoms with Crippen LogP contribution in [0.4, 0.5) is 5.69 Å². The van der Waals surface area contributed by atoms with Crippen LogP contribution in [0.3, 0.4) is 0 Å². The minimum absolute atomic E-state index is 0.0219. The van der Waals surface area contributed by atoms with Crippen LogP contribution in [0, 0.1) is 13.8 Å². The summed E-state index contributed by atoms with van der Waals surface area (Å²) < 4.78 is 0. The van der Waals surface area contributed by atoms with Gasteiger partial charge in [0.1, 0.15) is 0 Å². The van der Waals surface area contributed by atoms with Crippen LogP contribution in [0.1, 0.15) is 101 Å². The van der Waals surface area contributed by atoms with Gasteiger partial charge in [-0.1, -0.05) is 89.1 Å². The lowest BCUT2D eigenvalue weighted by atomic mass is 9.83. The van der Waals surface area contributed by atoms with E-state index in [-0.39, 0.29) is 22.8 Å². The number of carbonyl (C=O) groups excluding carboxylic acids is 1. The van der Waals surface area contributed by atoms with Crippen LogP contribution in [0.5, 0.6) is 0 Å². The number of dihydropyridines is 1. The van der Waals surface area contributed by atoms with Gasteiger partial charge in [-0.25, -0.2) is 0 Å². The van der Waals surface area contributed by atoms with Crippen molar-refractivity contribution in [3.05, 3.63) is 112 Å². The Hall–Kier alpha value is -4.31. The fraction of sp³-hybridized carbons (Fsp3) is 0.357. The van der Waals surface area contributed by atoms with Gasteiger partial charge in [-0.15, -0.1) is 0 Å². The second kappa shape index (κ2) is 12.8. The molecule has 0 N–H and O–H groups in total. The molecule has 238 valence electrons. The van der Waals surface area contributed by atoms with Crippen LogP contribution >= 0.6 is 0 Å². The standard InChI is InChI=1S/C42H49N3O/c1-11-45(29(4)46)38-23-32(30-12-14-39(43-25-30)34-16-27(2)18-36(21-34)41(5,6)7)20-33(24-38)31-13-15-40(44-26-31)35-17-28(3)19-37(22-35)42(8,9)10/h12-14,16-26,40H,11,15H2,1-10H3. The molecule has 1 atom stereocenters. The summed E-state index contributed by atoms with van der Waals surface area (Å²) in [4.78, 5) is 24.4. The molecule has 1 aliphatic heterocycles. The highest BCUT2D eigenvalue weighted by Gasteiger charge is 2.21. The maximum Gasteiger partial charge on any atom is 0.223 e. The molecule has 0 radical (unpaired) electrons. The Morgan fingerprint density at radius 2 is 1.43 bits per heavy atom. The van der Waals surface area contributed by atoms with E-state index in [1.807, 2.05) is 24.2 Å².